The summed E-state index contributed by atoms with van der Waals surface area (Å²) in [5, 5.41) is 11.9. The molecule has 4 rings (SSSR count). The molecule has 0 radical (unpaired) electrons. The second-order valence-electron chi connectivity index (χ2n) is 7.34. The minimum Gasteiger partial charge on any atom is -0.493 e. The molecule has 34 heavy (non-hydrogen) atoms. The molecule has 2 heterocycles. The monoisotopic (exact) mass is 487 g/mol. The zero-order chi connectivity index (χ0) is 23.8. The quantitative estimate of drug-likeness (QED) is 0.345. The van der Waals surface area contributed by atoms with E-state index in [9.17, 15) is 9.18 Å². The highest BCUT2D eigenvalue weighted by Crippen LogP contribution is 2.28. The second kappa shape index (κ2) is 11.7. The Morgan fingerprint density at radius 3 is 2.71 bits per heavy atom. The average Bonchev–Trinajstić information content (AvgIpc) is 3.30. The van der Waals surface area contributed by atoms with Gasteiger partial charge in [0.2, 0.25) is 11.9 Å². The predicted molar refractivity (Wildman–Crippen MR) is 127 cm³/mol. The van der Waals surface area contributed by atoms with Gasteiger partial charge in [-0.25, -0.2) is 4.39 Å². The first kappa shape index (κ1) is 23.8. The van der Waals surface area contributed by atoms with Crippen LogP contribution in [0.25, 0.3) is 5.69 Å². The van der Waals surface area contributed by atoms with Gasteiger partial charge in [-0.3, -0.25) is 9.36 Å². The van der Waals surface area contributed by atoms with Gasteiger partial charge >= 0.3 is 0 Å². The molecule has 0 unspecified atom stereocenters. The van der Waals surface area contributed by atoms with Gasteiger partial charge < -0.3 is 24.4 Å². The molecular weight excluding hydrogens is 461 g/mol. The number of nitrogens with zero attached hydrogens (tertiary/aromatic N) is 4. The highest BCUT2D eigenvalue weighted by molar-refractivity contribution is 7.99. The molecule has 9 nitrogen and oxygen atoms in total. The Bertz CT molecular complexity index is 1110. The van der Waals surface area contributed by atoms with Crippen LogP contribution < -0.4 is 19.7 Å². The third kappa shape index (κ3) is 5.97. The number of morpholine rings is 1. The summed E-state index contributed by atoms with van der Waals surface area (Å²) in [5.74, 6) is 1.45. The summed E-state index contributed by atoms with van der Waals surface area (Å²) in [7, 11) is 1.58. The number of ether oxygens (including phenoxy) is 3. The van der Waals surface area contributed by atoms with E-state index in [4.69, 9.17) is 14.2 Å². The number of thioether (sulfide) groups is 1. The fourth-order valence-electron chi connectivity index (χ4n) is 3.44. The Kier molecular flexibility index (Phi) is 8.21. The number of carbonyl (C=O) groups excluding carboxylic acids is 1. The smallest absolute Gasteiger partial charge is 0.232 e. The summed E-state index contributed by atoms with van der Waals surface area (Å²) >= 11 is 1.24. The van der Waals surface area contributed by atoms with Crippen LogP contribution in [0.5, 0.6) is 11.5 Å². The van der Waals surface area contributed by atoms with Crippen molar-refractivity contribution in [3.63, 3.8) is 0 Å². The van der Waals surface area contributed by atoms with Crippen LogP contribution in [0.15, 0.2) is 53.7 Å². The molecule has 0 saturated carbocycles. The van der Waals surface area contributed by atoms with E-state index >= 15 is 0 Å². The summed E-state index contributed by atoms with van der Waals surface area (Å²) in [6.07, 6.45) is 0. The Labute approximate surface area is 201 Å². The molecule has 1 aliphatic rings. The minimum absolute atomic E-state index is 0.130. The van der Waals surface area contributed by atoms with Crippen molar-refractivity contribution in [1.82, 2.24) is 20.1 Å². The van der Waals surface area contributed by atoms with Crippen molar-refractivity contribution >= 4 is 23.6 Å². The van der Waals surface area contributed by atoms with E-state index in [0.29, 0.717) is 67.7 Å². The lowest BCUT2D eigenvalue weighted by Gasteiger charge is -2.27. The highest BCUT2D eigenvalue weighted by Gasteiger charge is 2.22. The van der Waals surface area contributed by atoms with Crippen molar-refractivity contribution in [3.05, 3.63) is 54.3 Å². The SMILES string of the molecule is COc1ccccc1OCCNC(=O)CSc1nnc(N2CCOCC2)n1-c1cccc(F)c1. The molecular formula is C23H26FN5O4S. The molecule has 1 fully saturated rings. The Morgan fingerprint density at radius 2 is 1.94 bits per heavy atom. The topological polar surface area (TPSA) is 90.7 Å². The number of nitrogens with one attached hydrogen (secondary N) is 1. The van der Waals surface area contributed by atoms with Crippen molar-refractivity contribution in [2.45, 2.75) is 5.16 Å². The number of hydrogen-bond acceptors (Lipinski definition) is 8. The highest BCUT2D eigenvalue weighted by atomic mass is 32.2. The lowest BCUT2D eigenvalue weighted by Crippen LogP contribution is -2.37. The number of anilines is 1. The average molecular weight is 488 g/mol. The van der Waals surface area contributed by atoms with Crippen LogP contribution in [0.2, 0.25) is 0 Å². The van der Waals surface area contributed by atoms with Gasteiger partial charge in [0.05, 0.1) is 38.3 Å². The molecule has 180 valence electrons. The zero-order valence-electron chi connectivity index (χ0n) is 18.8. The summed E-state index contributed by atoms with van der Waals surface area (Å²) < 4.78 is 32.1. The first-order valence-electron chi connectivity index (χ1n) is 10.8. The Morgan fingerprint density at radius 1 is 1.15 bits per heavy atom. The lowest BCUT2D eigenvalue weighted by molar-refractivity contribution is -0.118. The number of benzene rings is 2. The zero-order valence-corrected chi connectivity index (χ0v) is 19.6. The van der Waals surface area contributed by atoms with Crippen molar-refractivity contribution in [2.24, 2.45) is 0 Å². The van der Waals surface area contributed by atoms with Crippen LogP contribution in [0.4, 0.5) is 10.3 Å². The molecule has 11 heteroatoms. The van der Waals surface area contributed by atoms with Crippen LogP contribution in [0.1, 0.15) is 0 Å². The van der Waals surface area contributed by atoms with E-state index in [0.717, 1.165) is 0 Å². The standard InChI is InChI=1S/C23H26FN5O4S/c1-31-19-7-2-3-8-20(19)33-12-9-25-21(30)16-34-23-27-26-22(28-10-13-32-14-11-28)29(23)18-6-4-5-17(24)15-18/h2-8,15H,9-14,16H2,1H3,(H,25,30). The molecule has 0 atom stereocenters. The summed E-state index contributed by atoms with van der Waals surface area (Å²) in [4.78, 5) is 14.4. The van der Waals surface area contributed by atoms with E-state index in [1.165, 1.54) is 23.9 Å². The van der Waals surface area contributed by atoms with Gasteiger partial charge in [-0.15, -0.1) is 10.2 Å². The normalized spacial score (nSPS) is 13.5. The van der Waals surface area contributed by atoms with Gasteiger partial charge in [-0.1, -0.05) is 30.0 Å². The molecule has 2 aromatic carbocycles. The van der Waals surface area contributed by atoms with E-state index in [1.54, 1.807) is 23.8 Å². The lowest BCUT2D eigenvalue weighted by atomic mass is 10.3. The minimum atomic E-state index is -0.358. The molecule has 1 N–H and O–H groups in total. The predicted octanol–water partition coefficient (Wildman–Crippen LogP) is 2.54. The maximum absolute atomic E-state index is 13.9. The summed E-state index contributed by atoms with van der Waals surface area (Å²) in [6.45, 7) is 3.12. The van der Waals surface area contributed by atoms with Crippen LogP contribution in [0.3, 0.4) is 0 Å². The van der Waals surface area contributed by atoms with E-state index in [1.807, 2.05) is 29.2 Å². The molecule has 1 saturated heterocycles. The molecule has 0 spiro atoms. The molecule has 1 amide bonds. The van der Waals surface area contributed by atoms with Crippen molar-refractivity contribution in [1.29, 1.82) is 0 Å². The molecule has 3 aromatic rings. The summed E-state index contributed by atoms with van der Waals surface area (Å²) in [6, 6.07) is 13.6. The van der Waals surface area contributed by atoms with Gasteiger partial charge in [0.1, 0.15) is 12.4 Å². The van der Waals surface area contributed by atoms with Crippen LogP contribution in [-0.4, -0.2) is 73.0 Å². The van der Waals surface area contributed by atoms with Gasteiger partial charge in [-0.2, -0.15) is 0 Å². The fraction of sp³-hybridized carbons (Fsp3) is 0.348. The number of aromatic nitrogens is 3. The van der Waals surface area contributed by atoms with Gasteiger partial charge in [-0.05, 0) is 30.3 Å². The maximum Gasteiger partial charge on any atom is 0.232 e. The van der Waals surface area contributed by atoms with Crippen LogP contribution in [0, 0.1) is 5.82 Å². The Balaban J connectivity index is 1.36. The molecule has 0 aliphatic carbocycles. The van der Waals surface area contributed by atoms with Crippen molar-refractivity contribution < 1.29 is 23.4 Å². The fourth-order valence-corrected chi connectivity index (χ4v) is 4.21. The molecule has 0 bridgehead atoms. The van der Waals surface area contributed by atoms with Crippen LogP contribution >= 0.6 is 11.8 Å². The first-order valence-corrected chi connectivity index (χ1v) is 11.8. The molecule has 1 aromatic heterocycles. The number of para-hydroxylation sites is 2. The number of rotatable bonds is 10. The van der Waals surface area contributed by atoms with E-state index in [2.05, 4.69) is 15.5 Å². The number of hydrogen-bond donors (Lipinski definition) is 1. The molecule has 1 aliphatic heterocycles. The number of halogens is 1. The maximum atomic E-state index is 13.9. The largest absolute Gasteiger partial charge is 0.493 e. The third-order valence-electron chi connectivity index (χ3n) is 5.06. The third-order valence-corrected chi connectivity index (χ3v) is 5.99. The van der Waals surface area contributed by atoms with Crippen molar-refractivity contribution in [2.75, 3.05) is 57.2 Å². The van der Waals surface area contributed by atoms with E-state index in [-0.39, 0.29) is 17.5 Å². The number of methoxy groups -OCH3 is 1. The second-order valence-corrected chi connectivity index (χ2v) is 8.28. The van der Waals surface area contributed by atoms with Gasteiger partial charge in [0.25, 0.3) is 0 Å². The Hall–Kier alpha value is -3.31. The van der Waals surface area contributed by atoms with Gasteiger partial charge in [0, 0.05) is 13.1 Å². The number of amides is 1. The van der Waals surface area contributed by atoms with Gasteiger partial charge in [0.15, 0.2) is 16.7 Å². The first-order chi connectivity index (χ1) is 16.7. The number of carbonyl (C=O) groups is 1. The van der Waals surface area contributed by atoms with Crippen LogP contribution in [-0.2, 0) is 9.53 Å². The summed E-state index contributed by atoms with van der Waals surface area (Å²) in [5.41, 5.74) is 0.597. The van der Waals surface area contributed by atoms with E-state index < -0.39 is 0 Å². The van der Waals surface area contributed by atoms with Crippen molar-refractivity contribution in [3.8, 4) is 17.2 Å².